The van der Waals surface area contributed by atoms with Gasteiger partial charge in [0.05, 0.1) is 12.6 Å². The van der Waals surface area contributed by atoms with E-state index in [1.807, 2.05) is 25.1 Å². The number of amides is 1. The van der Waals surface area contributed by atoms with E-state index >= 15 is 0 Å². The molecule has 4 rings (SSSR count). The van der Waals surface area contributed by atoms with Crippen molar-refractivity contribution in [2.75, 3.05) is 11.9 Å². The number of anilines is 1. The van der Waals surface area contributed by atoms with Crippen molar-refractivity contribution in [1.82, 2.24) is 5.32 Å². The Balaban J connectivity index is 1.56. The normalized spacial score (nSPS) is 21.1. The Morgan fingerprint density at radius 3 is 2.49 bits per heavy atom. The van der Waals surface area contributed by atoms with Gasteiger partial charge in [0.2, 0.25) is 5.91 Å². The minimum absolute atomic E-state index is 0.0140. The van der Waals surface area contributed by atoms with E-state index in [9.17, 15) is 9.59 Å². The van der Waals surface area contributed by atoms with Gasteiger partial charge in [-0.2, -0.15) is 0 Å². The highest BCUT2D eigenvalue weighted by Crippen LogP contribution is 2.30. The number of hydrogen-bond donors (Lipinski definition) is 2. The van der Waals surface area contributed by atoms with Crippen molar-refractivity contribution in [2.24, 2.45) is 11.8 Å². The Labute approximate surface area is 222 Å². The molecule has 2 N–H and O–H groups in total. The molecule has 1 heterocycles. The van der Waals surface area contributed by atoms with Crippen LogP contribution in [0.25, 0.3) is 0 Å². The first-order valence-corrected chi connectivity index (χ1v) is 14.3. The van der Waals surface area contributed by atoms with Crippen LogP contribution in [-0.4, -0.2) is 30.6 Å². The number of ether oxygens (including phenoxy) is 1. The summed E-state index contributed by atoms with van der Waals surface area (Å²) in [5, 5.41) is 6.66. The van der Waals surface area contributed by atoms with Crippen LogP contribution >= 0.6 is 0 Å². The van der Waals surface area contributed by atoms with E-state index < -0.39 is 12.1 Å². The number of rotatable bonds is 10. The van der Waals surface area contributed by atoms with E-state index in [4.69, 9.17) is 4.74 Å². The number of benzene rings is 2. The van der Waals surface area contributed by atoms with Gasteiger partial charge in [-0.05, 0) is 73.1 Å². The van der Waals surface area contributed by atoms with Gasteiger partial charge in [-0.1, -0.05) is 88.4 Å². The first-order valence-electron chi connectivity index (χ1n) is 14.3. The summed E-state index contributed by atoms with van der Waals surface area (Å²) in [7, 11) is 0. The fourth-order valence-electron chi connectivity index (χ4n) is 6.00. The number of carbonyl (C=O) groups excluding carboxylic acids is 2. The zero-order chi connectivity index (χ0) is 26.2. The van der Waals surface area contributed by atoms with Crippen LogP contribution in [0.15, 0.2) is 48.5 Å². The minimum Gasteiger partial charge on any atom is -0.465 e. The molecule has 0 aromatic heterocycles. The predicted octanol–water partition coefficient (Wildman–Crippen LogP) is 6.41. The highest BCUT2D eigenvalue weighted by Gasteiger charge is 2.36. The van der Waals surface area contributed by atoms with Gasteiger partial charge in [-0.3, -0.25) is 14.9 Å². The molecule has 200 valence electrons. The van der Waals surface area contributed by atoms with Crippen molar-refractivity contribution in [3.05, 3.63) is 65.2 Å². The lowest BCUT2D eigenvalue weighted by Gasteiger charge is -2.30. The van der Waals surface area contributed by atoms with Crippen LogP contribution in [0.5, 0.6) is 0 Å². The number of hydrogen-bond acceptors (Lipinski definition) is 4. The standard InChI is InChI=1S/C32H44N2O3/c1-4-37-32(36)29(19-16-23-10-6-5-7-11-23)33-30-27(20-24-14-17-25(18-15-24)22(2)3)21-26-12-8-9-13-28(26)34-31(30)35/h8-9,12-15,17-18,22-23,27,29-30,33H,4-7,10-11,16,19-21H2,1-3H3,(H,34,35)/t27?,29-,30?/m0/s1. The van der Waals surface area contributed by atoms with Crippen molar-refractivity contribution < 1.29 is 14.3 Å². The molecular weight excluding hydrogens is 460 g/mol. The van der Waals surface area contributed by atoms with Crippen LogP contribution in [-0.2, 0) is 27.2 Å². The fraction of sp³-hybridized carbons (Fsp3) is 0.562. The summed E-state index contributed by atoms with van der Waals surface area (Å²) in [4.78, 5) is 26.7. The highest BCUT2D eigenvalue weighted by atomic mass is 16.5. The van der Waals surface area contributed by atoms with Crippen molar-refractivity contribution in [3.8, 4) is 0 Å². The second-order valence-electron chi connectivity index (χ2n) is 11.2. The molecule has 2 aromatic rings. The number of nitrogens with one attached hydrogen (secondary N) is 2. The first-order chi connectivity index (χ1) is 17.9. The lowest BCUT2D eigenvalue weighted by atomic mass is 9.84. The molecule has 37 heavy (non-hydrogen) atoms. The van der Waals surface area contributed by atoms with E-state index in [0.717, 1.165) is 30.5 Å². The van der Waals surface area contributed by atoms with Gasteiger partial charge in [0.1, 0.15) is 6.04 Å². The number of fused-ring (bicyclic) bond motifs is 1. The minimum atomic E-state index is -0.488. The largest absolute Gasteiger partial charge is 0.465 e. The number of para-hydroxylation sites is 1. The van der Waals surface area contributed by atoms with Crippen molar-refractivity contribution in [3.63, 3.8) is 0 Å². The second-order valence-corrected chi connectivity index (χ2v) is 11.2. The predicted molar refractivity (Wildman–Crippen MR) is 150 cm³/mol. The monoisotopic (exact) mass is 504 g/mol. The third-order valence-electron chi connectivity index (χ3n) is 8.20. The van der Waals surface area contributed by atoms with Crippen molar-refractivity contribution in [1.29, 1.82) is 0 Å². The molecule has 1 fully saturated rings. The molecule has 2 aromatic carbocycles. The molecule has 5 nitrogen and oxygen atoms in total. The molecule has 5 heteroatoms. The fourth-order valence-corrected chi connectivity index (χ4v) is 6.00. The quantitative estimate of drug-likeness (QED) is 0.367. The van der Waals surface area contributed by atoms with Gasteiger partial charge in [0, 0.05) is 5.69 Å². The average Bonchev–Trinajstić information content (AvgIpc) is 3.03. The maximum absolute atomic E-state index is 13.6. The lowest BCUT2D eigenvalue weighted by molar-refractivity contribution is -0.146. The van der Waals surface area contributed by atoms with Crippen LogP contribution in [0.1, 0.15) is 88.3 Å². The summed E-state index contributed by atoms with van der Waals surface area (Å²) in [6.45, 7) is 6.58. The Morgan fingerprint density at radius 2 is 1.78 bits per heavy atom. The smallest absolute Gasteiger partial charge is 0.323 e. The maximum atomic E-state index is 13.6. The summed E-state index contributed by atoms with van der Waals surface area (Å²) in [5.41, 5.74) is 4.53. The summed E-state index contributed by atoms with van der Waals surface area (Å²) >= 11 is 0. The zero-order valence-corrected chi connectivity index (χ0v) is 22.8. The third kappa shape index (κ3) is 7.44. The van der Waals surface area contributed by atoms with Crippen LogP contribution in [0.2, 0.25) is 0 Å². The maximum Gasteiger partial charge on any atom is 0.323 e. The van der Waals surface area contributed by atoms with E-state index in [0.29, 0.717) is 24.9 Å². The van der Waals surface area contributed by atoms with Crippen LogP contribution in [0, 0.1) is 11.8 Å². The lowest BCUT2D eigenvalue weighted by Crippen LogP contribution is -2.53. The summed E-state index contributed by atoms with van der Waals surface area (Å²) < 4.78 is 5.47. The molecule has 0 radical (unpaired) electrons. The molecule has 3 atom stereocenters. The van der Waals surface area contributed by atoms with E-state index in [1.54, 1.807) is 0 Å². The van der Waals surface area contributed by atoms with E-state index in [2.05, 4.69) is 54.8 Å². The highest BCUT2D eigenvalue weighted by molar-refractivity contribution is 5.97. The number of carbonyl (C=O) groups is 2. The molecule has 2 aliphatic rings. The SMILES string of the molecule is CCOC(=O)[C@H](CCC1CCCCC1)NC1C(=O)Nc2ccccc2CC1Cc1ccc(C(C)C)cc1. The Morgan fingerprint density at radius 1 is 1.05 bits per heavy atom. The van der Waals surface area contributed by atoms with Gasteiger partial charge < -0.3 is 10.1 Å². The molecule has 1 amide bonds. The Bertz CT molecular complexity index is 1030. The van der Waals surface area contributed by atoms with E-state index in [1.165, 1.54) is 43.2 Å². The molecule has 0 saturated heterocycles. The van der Waals surface area contributed by atoms with Gasteiger partial charge in [-0.15, -0.1) is 0 Å². The second kappa shape index (κ2) is 13.2. The van der Waals surface area contributed by atoms with Crippen molar-refractivity contribution >= 4 is 17.6 Å². The molecular formula is C32H44N2O3. The van der Waals surface area contributed by atoms with Crippen LogP contribution in [0.3, 0.4) is 0 Å². The van der Waals surface area contributed by atoms with Gasteiger partial charge in [0.25, 0.3) is 0 Å². The molecule has 1 aliphatic heterocycles. The van der Waals surface area contributed by atoms with Gasteiger partial charge in [0.15, 0.2) is 0 Å². The van der Waals surface area contributed by atoms with Gasteiger partial charge >= 0.3 is 5.97 Å². The topological polar surface area (TPSA) is 67.4 Å². The average molecular weight is 505 g/mol. The third-order valence-corrected chi connectivity index (χ3v) is 8.20. The Hall–Kier alpha value is -2.66. The van der Waals surface area contributed by atoms with E-state index in [-0.39, 0.29) is 17.8 Å². The first kappa shape index (κ1) is 27.4. The zero-order valence-electron chi connectivity index (χ0n) is 22.8. The van der Waals surface area contributed by atoms with Crippen LogP contribution in [0.4, 0.5) is 5.69 Å². The molecule has 1 aliphatic carbocycles. The number of esters is 1. The summed E-state index contributed by atoms with van der Waals surface area (Å²) in [6.07, 6.45) is 9.58. The summed E-state index contributed by atoms with van der Waals surface area (Å²) in [6, 6.07) is 15.8. The van der Waals surface area contributed by atoms with Gasteiger partial charge in [-0.25, -0.2) is 0 Å². The molecule has 0 spiro atoms. The molecule has 2 unspecified atom stereocenters. The molecule has 1 saturated carbocycles. The van der Waals surface area contributed by atoms with Crippen LogP contribution < -0.4 is 10.6 Å². The Kier molecular flexibility index (Phi) is 9.79. The van der Waals surface area contributed by atoms with Crippen molar-refractivity contribution in [2.45, 2.75) is 96.6 Å². The summed E-state index contributed by atoms with van der Waals surface area (Å²) in [5.74, 6) is 0.845. The molecule has 0 bridgehead atoms.